The van der Waals surface area contributed by atoms with Crippen LogP contribution >= 0.6 is 0 Å². The van der Waals surface area contributed by atoms with Gasteiger partial charge in [-0.05, 0) is 37.5 Å². The van der Waals surface area contributed by atoms with Gasteiger partial charge in [0.25, 0.3) is 5.91 Å². The molecule has 2 N–H and O–H groups in total. The van der Waals surface area contributed by atoms with Crippen LogP contribution in [0, 0.1) is 5.82 Å². The van der Waals surface area contributed by atoms with Crippen LogP contribution in [0.1, 0.15) is 40.0 Å². The Kier molecular flexibility index (Phi) is 3.17. The maximum absolute atomic E-state index is 13.8. The first-order valence-electron chi connectivity index (χ1n) is 6.54. The average Bonchev–Trinajstić information content (AvgIpc) is 3.00. The fourth-order valence-electron chi connectivity index (χ4n) is 2.87. The average molecular weight is 279 g/mol. The minimum atomic E-state index is -1.22. The molecular formula is C14H14FNO4. The zero-order valence-electron chi connectivity index (χ0n) is 10.6. The summed E-state index contributed by atoms with van der Waals surface area (Å²) in [7, 11) is 0. The van der Waals surface area contributed by atoms with E-state index in [0.29, 0.717) is 0 Å². The van der Waals surface area contributed by atoms with E-state index in [0.717, 1.165) is 25.3 Å². The van der Waals surface area contributed by atoms with Crippen molar-refractivity contribution in [2.45, 2.75) is 37.5 Å². The van der Waals surface area contributed by atoms with Gasteiger partial charge in [-0.1, -0.05) is 0 Å². The first kappa shape index (κ1) is 13.1. The number of nitrogens with one attached hydrogen (secondary N) is 1. The molecule has 1 aromatic rings. The van der Waals surface area contributed by atoms with E-state index in [1.54, 1.807) is 0 Å². The molecule has 0 spiro atoms. The third-order valence-electron chi connectivity index (χ3n) is 3.88. The van der Waals surface area contributed by atoms with E-state index in [1.165, 1.54) is 12.1 Å². The second-order valence-corrected chi connectivity index (χ2v) is 5.19. The summed E-state index contributed by atoms with van der Waals surface area (Å²) in [6, 6.07) is 3.19. The highest BCUT2D eigenvalue weighted by Gasteiger charge is 2.41. The Bertz CT molecular complexity index is 574. The summed E-state index contributed by atoms with van der Waals surface area (Å²) in [5.41, 5.74) is -0.319. The largest absolute Gasteiger partial charge is 0.478 e. The van der Waals surface area contributed by atoms with Gasteiger partial charge >= 0.3 is 5.97 Å². The topological polar surface area (TPSA) is 75.6 Å². The summed E-state index contributed by atoms with van der Waals surface area (Å²) in [5.74, 6) is -2.58. The Morgan fingerprint density at radius 1 is 1.35 bits per heavy atom. The highest BCUT2D eigenvalue weighted by Crippen LogP contribution is 2.34. The van der Waals surface area contributed by atoms with Crippen LogP contribution in [0.15, 0.2) is 18.2 Å². The minimum Gasteiger partial charge on any atom is -0.478 e. The van der Waals surface area contributed by atoms with Crippen LogP contribution < -0.4 is 5.32 Å². The van der Waals surface area contributed by atoms with Gasteiger partial charge in [-0.3, -0.25) is 4.79 Å². The molecule has 5 nitrogen and oxygen atoms in total. The van der Waals surface area contributed by atoms with Crippen LogP contribution in [0.25, 0.3) is 0 Å². The Morgan fingerprint density at radius 2 is 2.15 bits per heavy atom. The van der Waals surface area contributed by atoms with Crippen LogP contribution in [0.3, 0.4) is 0 Å². The van der Waals surface area contributed by atoms with Crippen molar-refractivity contribution in [2.75, 3.05) is 0 Å². The molecule has 20 heavy (non-hydrogen) atoms. The van der Waals surface area contributed by atoms with Gasteiger partial charge in [0.05, 0.1) is 29.4 Å². The zero-order chi connectivity index (χ0) is 14.3. The standard InChI is InChI=1S/C14H14FNO4/c15-10-5-7(14(18)19)1-3-9(10)13(17)16-11-6-8-2-4-12(11)20-8/h1,3,5,8,11-12H,2,4,6H2,(H,16,17)(H,18,19)/t8-,11-,12+/m1/s1. The summed E-state index contributed by atoms with van der Waals surface area (Å²) < 4.78 is 19.4. The Morgan fingerprint density at radius 3 is 2.70 bits per heavy atom. The highest BCUT2D eigenvalue weighted by atomic mass is 19.1. The lowest BCUT2D eigenvalue weighted by atomic mass is 9.95. The SMILES string of the molecule is O=C(O)c1ccc(C(=O)N[C@@H]2C[C@H]3CC[C@@H]2O3)c(F)c1. The van der Waals surface area contributed by atoms with E-state index >= 15 is 0 Å². The van der Waals surface area contributed by atoms with Crippen molar-refractivity contribution in [3.8, 4) is 0 Å². The first-order chi connectivity index (χ1) is 9.54. The zero-order valence-corrected chi connectivity index (χ0v) is 10.6. The highest BCUT2D eigenvalue weighted by molar-refractivity contribution is 5.96. The quantitative estimate of drug-likeness (QED) is 0.880. The molecule has 106 valence electrons. The third-order valence-corrected chi connectivity index (χ3v) is 3.88. The lowest BCUT2D eigenvalue weighted by molar-refractivity contribution is 0.0695. The summed E-state index contributed by atoms with van der Waals surface area (Å²) in [5, 5.41) is 11.5. The van der Waals surface area contributed by atoms with Gasteiger partial charge in [0.15, 0.2) is 0 Å². The van der Waals surface area contributed by atoms with Crippen LogP contribution in [0.4, 0.5) is 4.39 Å². The van der Waals surface area contributed by atoms with Crippen LogP contribution in [0.2, 0.25) is 0 Å². The predicted molar refractivity (Wildman–Crippen MR) is 67.1 cm³/mol. The van der Waals surface area contributed by atoms with Crippen LogP contribution in [-0.2, 0) is 4.74 Å². The number of ether oxygens (including phenoxy) is 1. The van der Waals surface area contributed by atoms with E-state index in [2.05, 4.69) is 5.32 Å². The molecule has 2 aliphatic rings. The van der Waals surface area contributed by atoms with Gasteiger partial charge in [-0.2, -0.15) is 0 Å². The molecule has 2 bridgehead atoms. The van der Waals surface area contributed by atoms with E-state index in [9.17, 15) is 14.0 Å². The molecule has 1 amide bonds. The number of hydrogen-bond donors (Lipinski definition) is 2. The Hall–Kier alpha value is -1.95. The second kappa shape index (κ2) is 4.86. The van der Waals surface area contributed by atoms with Gasteiger partial charge in [-0.25, -0.2) is 9.18 Å². The number of carbonyl (C=O) groups is 2. The second-order valence-electron chi connectivity index (χ2n) is 5.19. The monoisotopic (exact) mass is 279 g/mol. The number of hydrogen-bond acceptors (Lipinski definition) is 3. The van der Waals surface area contributed by atoms with Gasteiger partial charge in [0, 0.05) is 0 Å². The van der Waals surface area contributed by atoms with Crippen molar-refractivity contribution in [3.05, 3.63) is 35.1 Å². The summed E-state index contributed by atoms with van der Waals surface area (Å²) in [6.45, 7) is 0. The fraction of sp³-hybridized carbons (Fsp3) is 0.429. The van der Waals surface area contributed by atoms with Crippen molar-refractivity contribution in [1.29, 1.82) is 0 Å². The molecule has 0 radical (unpaired) electrons. The molecule has 0 aliphatic carbocycles. The van der Waals surface area contributed by atoms with Crippen LogP contribution in [-0.4, -0.2) is 35.2 Å². The van der Waals surface area contributed by atoms with Gasteiger partial charge < -0.3 is 15.2 Å². The normalized spacial score (nSPS) is 27.6. The smallest absolute Gasteiger partial charge is 0.335 e. The molecular weight excluding hydrogens is 265 g/mol. The fourth-order valence-corrected chi connectivity index (χ4v) is 2.87. The van der Waals surface area contributed by atoms with Gasteiger partial charge in [0.2, 0.25) is 0 Å². The van der Waals surface area contributed by atoms with Gasteiger partial charge in [-0.15, -0.1) is 0 Å². The molecule has 3 rings (SSSR count). The number of amides is 1. The summed E-state index contributed by atoms with van der Waals surface area (Å²) >= 11 is 0. The summed E-state index contributed by atoms with van der Waals surface area (Å²) in [4.78, 5) is 22.7. The summed E-state index contributed by atoms with van der Waals surface area (Å²) in [6.07, 6.45) is 2.90. The van der Waals surface area contributed by atoms with Crippen molar-refractivity contribution in [3.63, 3.8) is 0 Å². The molecule has 2 aliphatic heterocycles. The van der Waals surface area contributed by atoms with Crippen molar-refractivity contribution < 1.29 is 23.8 Å². The predicted octanol–water partition coefficient (Wildman–Crippen LogP) is 1.57. The van der Waals surface area contributed by atoms with E-state index < -0.39 is 17.7 Å². The maximum Gasteiger partial charge on any atom is 0.335 e. The molecule has 6 heteroatoms. The number of rotatable bonds is 3. The van der Waals surface area contributed by atoms with Crippen LogP contribution in [0.5, 0.6) is 0 Å². The molecule has 2 saturated heterocycles. The molecule has 0 saturated carbocycles. The molecule has 1 aromatic carbocycles. The Labute approximate surface area is 114 Å². The number of carbonyl (C=O) groups excluding carboxylic acids is 1. The lowest BCUT2D eigenvalue weighted by Crippen LogP contribution is -2.41. The van der Waals surface area contributed by atoms with Gasteiger partial charge in [0.1, 0.15) is 5.82 Å². The number of aromatic carboxylic acids is 1. The maximum atomic E-state index is 13.8. The van der Waals surface area contributed by atoms with Crippen molar-refractivity contribution in [2.24, 2.45) is 0 Å². The molecule has 0 aromatic heterocycles. The van der Waals surface area contributed by atoms with Crippen molar-refractivity contribution in [1.82, 2.24) is 5.32 Å². The molecule has 2 heterocycles. The number of fused-ring (bicyclic) bond motifs is 2. The lowest BCUT2D eigenvalue weighted by Gasteiger charge is -2.20. The number of carboxylic acid groups (broad SMARTS) is 1. The van der Waals surface area contributed by atoms with Crippen molar-refractivity contribution >= 4 is 11.9 Å². The number of carboxylic acids is 1. The van der Waals surface area contributed by atoms with E-state index in [-0.39, 0.29) is 29.4 Å². The third kappa shape index (κ3) is 2.27. The molecule has 3 atom stereocenters. The van der Waals surface area contributed by atoms with E-state index in [4.69, 9.17) is 9.84 Å². The van der Waals surface area contributed by atoms with E-state index in [1.807, 2.05) is 0 Å². The Balaban J connectivity index is 1.72. The number of benzene rings is 1. The molecule has 0 unspecified atom stereocenters. The minimum absolute atomic E-state index is 0.0188. The number of halogens is 1. The first-order valence-corrected chi connectivity index (χ1v) is 6.54. The molecule has 2 fully saturated rings.